The summed E-state index contributed by atoms with van der Waals surface area (Å²) in [5, 5.41) is 11.7. The molecule has 1 unspecified atom stereocenters. The van der Waals surface area contributed by atoms with E-state index in [9.17, 15) is 0 Å². The molecule has 0 spiro atoms. The van der Waals surface area contributed by atoms with Crippen molar-refractivity contribution in [2.75, 3.05) is 6.54 Å². The molecule has 1 N–H and O–H groups in total. The first-order valence-electron chi connectivity index (χ1n) is 6.83. The zero-order valence-corrected chi connectivity index (χ0v) is 12.6. The van der Waals surface area contributed by atoms with Crippen molar-refractivity contribution in [1.29, 1.82) is 0 Å². The van der Waals surface area contributed by atoms with E-state index in [1.54, 1.807) is 11.3 Å². The Balaban J connectivity index is 2.03. The number of aryl methyl sites for hydroxylation is 1. The zero-order valence-electron chi connectivity index (χ0n) is 11.8. The van der Waals surface area contributed by atoms with Crippen LogP contribution in [0.5, 0.6) is 0 Å². The van der Waals surface area contributed by atoms with Crippen molar-refractivity contribution in [3.63, 3.8) is 0 Å². The van der Waals surface area contributed by atoms with E-state index in [2.05, 4.69) is 47.0 Å². The van der Waals surface area contributed by atoms with Gasteiger partial charge >= 0.3 is 0 Å². The molecule has 104 valence electrons. The molecule has 2 aromatic heterocycles. The van der Waals surface area contributed by atoms with Crippen molar-refractivity contribution in [2.45, 2.75) is 46.1 Å². The summed E-state index contributed by atoms with van der Waals surface area (Å²) in [6.45, 7) is 7.44. The van der Waals surface area contributed by atoms with Crippen molar-refractivity contribution < 1.29 is 4.52 Å². The first kappa shape index (κ1) is 14.2. The number of aromatic nitrogens is 2. The van der Waals surface area contributed by atoms with Gasteiger partial charge in [-0.05, 0) is 37.3 Å². The Labute approximate surface area is 118 Å². The van der Waals surface area contributed by atoms with Crippen LogP contribution in [0.25, 0.3) is 11.4 Å². The van der Waals surface area contributed by atoms with Gasteiger partial charge in [-0.2, -0.15) is 16.3 Å². The van der Waals surface area contributed by atoms with Gasteiger partial charge in [-0.15, -0.1) is 0 Å². The summed E-state index contributed by atoms with van der Waals surface area (Å²) in [5.41, 5.74) is 2.28. The van der Waals surface area contributed by atoms with E-state index in [1.807, 2.05) is 0 Å². The first-order valence-corrected chi connectivity index (χ1v) is 7.78. The molecular formula is C14H21N3OS. The van der Waals surface area contributed by atoms with Crippen LogP contribution in [0.2, 0.25) is 0 Å². The minimum atomic E-state index is 0.414. The summed E-state index contributed by atoms with van der Waals surface area (Å²) in [4.78, 5) is 4.50. The van der Waals surface area contributed by atoms with E-state index in [1.165, 1.54) is 5.56 Å². The number of hydrogen-bond acceptors (Lipinski definition) is 5. The molecule has 0 aliphatic carbocycles. The lowest BCUT2D eigenvalue weighted by molar-refractivity contribution is 0.354. The van der Waals surface area contributed by atoms with Crippen LogP contribution in [0, 0.1) is 6.92 Å². The highest BCUT2D eigenvalue weighted by atomic mass is 32.1. The molecule has 0 saturated heterocycles. The van der Waals surface area contributed by atoms with E-state index in [0.717, 1.165) is 37.3 Å². The van der Waals surface area contributed by atoms with Crippen LogP contribution in [0.4, 0.5) is 0 Å². The topological polar surface area (TPSA) is 51.0 Å². The average Bonchev–Trinajstić information content (AvgIpc) is 3.03. The fourth-order valence-electron chi connectivity index (χ4n) is 1.96. The van der Waals surface area contributed by atoms with Gasteiger partial charge in [-0.1, -0.05) is 19.0 Å². The summed E-state index contributed by atoms with van der Waals surface area (Å²) < 4.78 is 5.36. The Bertz CT molecular complexity index is 506. The highest BCUT2D eigenvalue weighted by Gasteiger charge is 2.14. The maximum Gasteiger partial charge on any atom is 0.228 e. The second-order valence-electron chi connectivity index (χ2n) is 4.74. The largest absolute Gasteiger partial charge is 0.339 e. The maximum absolute atomic E-state index is 5.36. The summed E-state index contributed by atoms with van der Waals surface area (Å²) in [7, 11) is 0. The molecule has 0 saturated carbocycles. The monoisotopic (exact) mass is 279 g/mol. The number of rotatable bonds is 7. The molecule has 0 bridgehead atoms. The smallest absolute Gasteiger partial charge is 0.228 e. The van der Waals surface area contributed by atoms with Gasteiger partial charge in [0, 0.05) is 23.4 Å². The van der Waals surface area contributed by atoms with Crippen molar-refractivity contribution in [3.8, 4) is 11.4 Å². The second kappa shape index (κ2) is 6.82. The van der Waals surface area contributed by atoms with Gasteiger partial charge in [0.05, 0.1) is 0 Å². The van der Waals surface area contributed by atoms with Gasteiger partial charge in [0.2, 0.25) is 11.7 Å². The Hall–Kier alpha value is -1.20. The minimum absolute atomic E-state index is 0.414. The molecule has 0 aliphatic rings. The molecule has 0 amide bonds. The lowest BCUT2D eigenvalue weighted by atomic mass is 10.1. The normalized spacial score (nSPS) is 12.8. The molecular weight excluding hydrogens is 258 g/mol. The quantitative estimate of drug-likeness (QED) is 0.843. The molecule has 2 heterocycles. The molecule has 0 radical (unpaired) electrons. The summed E-state index contributed by atoms with van der Waals surface area (Å²) in [5.74, 6) is 1.43. The van der Waals surface area contributed by atoms with Crippen molar-refractivity contribution in [2.24, 2.45) is 0 Å². The number of nitrogens with one attached hydrogen (secondary N) is 1. The Morgan fingerprint density at radius 1 is 1.37 bits per heavy atom. The van der Waals surface area contributed by atoms with Gasteiger partial charge < -0.3 is 9.84 Å². The standard InChI is InChI=1S/C14H21N3OS/c1-4-6-15-11(5-2)7-13-16-14(17-18-13)12-9-19-8-10(12)3/h8-9,11,15H,4-7H2,1-3H3. The highest BCUT2D eigenvalue weighted by molar-refractivity contribution is 7.08. The summed E-state index contributed by atoms with van der Waals surface area (Å²) >= 11 is 1.67. The molecule has 0 fully saturated rings. The maximum atomic E-state index is 5.36. The van der Waals surface area contributed by atoms with Crippen LogP contribution >= 0.6 is 11.3 Å². The van der Waals surface area contributed by atoms with Crippen molar-refractivity contribution in [1.82, 2.24) is 15.5 Å². The van der Waals surface area contributed by atoms with Gasteiger partial charge in [0.1, 0.15) is 0 Å². The highest BCUT2D eigenvalue weighted by Crippen LogP contribution is 2.24. The van der Waals surface area contributed by atoms with Crippen LogP contribution in [-0.2, 0) is 6.42 Å². The average molecular weight is 279 g/mol. The van der Waals surface area contributed by atoms with Crippen molar-refractivity contribution in [3.05, 3.63) is 22.2 Å². The van der Waals surface area contributed by atoms with E-state index in [-0.39, 0.29) is 0 Å². The minimum Gasteiger partial charge on any atom is -0.339 e. The molecule has 2 aromatic rings. The number of hydrogen-bond donors (Lipinski definition) is 1. The van der Waals surface area contributed by atoms with Crippen LogP contribution < -0.4 is 5.32 Å². The summed E-state index contributed by atoms with van der Waals surface area (Å²) in [6.07, 6.45) is 3.00. The van der Waals surface area contributed by atoms with Crippen LogP contribution in [-0.4, -0.2) is 22.7 Å². The molecule has 0 aliphatic heterocycles. The second-order valence-corrected chi connectivity index (χ2v) is 5.49. The number of nitrogens with zero attached hydrogens (tertiary/aromatic N) is 2. The van der Waals surface area contributed by atoms with E-state index in [0.29, 0.717) is 11.9 Å². The Morgan fingerprint density at radius 3 is 2.84 bits per heavy atom. The molecule has 5 heteroatoms. The van der Waals surface area contributed by atoms with E-state index in [4.69, 9.17) is 4.52 Å². The van der Waals surface area contributed by atoms with Crippen molar-refractivity contribution >= 4 is 11.3 Å². The van der Waals surface area contributed by atoms with Crippen LogP contribution in [0.15, 0.2) is 15.3 Å². The Morgan fingerprint density at radius 2 is 2.21 bits per heavy atom. The number of thiophene rings is 1. The van der Waals surface area contributed by atoms with E-state index < -0.39 is 0 Å². The van der Waals surface area contributed by atoms with Gasteiger partial charge in [0.25, 0.3) is 0 Å². The molecule has 2 rings (SSSR count). The fraction of sp³-hybridized carbons (Fsp3) is 0.571. The van der Waals surface area contributed by atoms with Gasteiger partial charge in [-0.3, -0.25) is 0 Å². The zero-order chi connectivity index (χ0) is 13.7. The summed E-state index contributed by atoms with van der Waals surface area (Å²) in [6, 6.07) is 0.414. The molecule has 19 heavy (non-hydrogen) atoms. The predicted octanol–water partition coefficient (Wildman–Crippen LogP) is 3.43. The lowest BCUT2D eigenvalue weighted by Gasteiger charge is -2.13. The third kappa shape index (κ3) is 3.64. The van der Waals surface area contributed by atoms with E-state index >= 15 is 0 Å². The third-order valence-corrected chi connectivity index (χ3v) is 4.02. The first-order chi connectivity index (χ1) is 9.24. The molecule has 1 atom stereocenters. The van der Waals surface area contributed by atoms with Gasteiger partial charge in [-0.25, -0.2) is 0 Å². The fourth-order valence-corrected chi connectivity index (χ4v) is 2.78. The third-order valence-electron chi connectivity index (χ3n) is 3.16. The van der Waals surface area contributed by atoms with Gasteiger partial charge in [0.15, 0.2) is 0 Å². The SMILES string of the molecule is CCCNC(CC)Cc1nc(-c2cscc2C)no1. The predicted molar refractivity (Wildman–Crippen MR) is 78.4 cm³/mol. The Kier molecular flexibility index (Phi) is 5.10. The van der Waals surface area contributed by atoms with Crippen LogP contribution in [0.1, 0.15) is 38.1 Å². The lowest BCUT2D eigenvalue weighted by Crippen LogP contribution is -2.31. The van der Waals surface area contributed by atoms with Crippen LogP contribution in [0.3, 0.4) is 0 Å². The molecule has 4 nitrogen and oxygen atoms in total. The molecule has 0 aromatic carbocycles.